The van der Waals surface area contributed by atoms with Gasteiger partial charge in [0.25, 0.3) is 0 Å². The molecule has 2 aromatic rings. The molecule has 3 unspecified atom stereocenters. The zero-order chi connectivity index (χ0) is 23.7. The molecule has 2 nitrogen and oxygen atoms in total. The number of carbonyl (C=O) groups is 1. The van der Waals surface area contributed by atoms with Crippen LogP contribution in [0.4, 0.5) is 13.2 Å². The zero-order valence-corrected chi connectivity index (χ0v) is 21.9. The Bertz CT molecular complexity index is 1090. The Balaban J connectivity index is 1.81. The molecule has 2 aromatic carbocycles. The zero-order valence-electron chi connectivity index (χ0n) is 17.1. The van der Waals surface area contributed by atoms with Crippen LogP contribution >= 0.6 is 62.7 Å². The molecule has 0 bridgehead atoms. The maximum Gasteiger partial charge on any atom is 0.407 e. The van der Waals surface area contributed by atoms with E-state index in [9.17, 15) is 18.0 Å². The van der Waals surface area contributed by atoms with Gasteiger partial charge in [0, 0.05) is 30.6 Å². The van der Waals surface area contributed by atoms with E-state index >= 15 is 0 Å². The van der Waals surface area contributed by atoms with Gasteiger partial charge in [0.05, 0.1) is 0 Å². The first kappa shape index (κ1) is 24.6. The second kappa shape index (κ2) is 8.01. The van der Waals surface area contributed by atoms with Gasteiger partial charge in [0.2, 0.25) is 0 Å². The number of alkyl halides is 3. The molecule has 0 radical (unpaired) electrons. The number of rotatable bonds is 3. The van der Waals surface area contributed by atoms with E-state index in [1.807, 2.05) is 6.07 Å². The van der Waals surface area contributed by atoms with Crippen molar-refractivity contribution in [1.29, 1.82) is 0 Å². The molecule has 0 aromatic heterocycles. The molecule has 2 aliphatic heterocycles. The average Bonchev–Trinajstić information content (AvgIpc) is 2.92. The quantitative estimate of drug-likeness (QED) is 0.267. The highest BCUT2D eigenvalue weighted by Gasteiger charge is 2.75. The summed E-state index contributed by atoms with van der Waals surface area (Å²) in [6.45, 7) is 6.21. The smallest absolute Gasteiger partial charge is 0.407 e. The number of ether oxygens (including phenoxy) is 1. The van der Waals surface area contributed by atoms with E-state index in [-0.39, 0.29) is 20.4 Å². The number of halogens is 6. The third-order valence-corrected chi connectivity index (χ3v) is 9.74. The van der Waals surface area contributed by atoms with Gasteiger partial charge in [0.1, 0.15) is 10.00 Å². The van der Waals surface area contributed by atoms with Gasteiger partial charge >= 0.3 is 12.1 Å². The highest BCUT2D eigenvalue weighted by atomic mass is 79.9. The van der Waals surface area contributed by atoms with Crippen molar-refractivity contribution in [3.63, 3.8) is 0 Å². The van der Waals surface area contributed by atoms with Crippen molar-refractivity contribution >= 4 is 68.6 Å². The molecule has 2 fully saturated rings. The second-order valence-electron chi connectivity index (χ2n) is 8.83. The van der Waals surface area contributed by atoms with Gasteiger partial charge < -0.3 is 4.74 Å². The summed E-state index contributed by atoms with van der Waals surface area (Å²) >= 11 is 17.8. The van der Waals surface area contributed by atoms with Crippen LogP contribution < -0.4 is 0 Å². The monoisotopic (exact) mass is 584 g/mol. The Hall–Kier alpha value is -0.540. The van der Waals surface area contributed by atoms with Crippen molar-refractivity contribution in [3.05, 3.63) is 62.0 Å². The third-order valence-electron chi connectivity index (χ3n) is 5.37. The van der Waals surface area contributed by atoms with Crippen molar-refractivity contribution in [2.45, 2.75) is 58.6 Å². The molecule has 2 heterocycles. The topological polar surface area (TPSA) is 26.3 Å². The van der Waals surface area contributed by atoms with Crippen molar-refractivity contribution in [3.8, 4) is 0 Å². The van der Waals surface area contributed by atoms with E-state index in [0.717, 1.165) is 9.37 Å². The summed E-state index contributed by atoms with van der Waals surface area (Å²) in [5, 5.41) is -0.790. The summed E-state index contributed by atoms with van der Waals surface area (Å²) in [5.41, 5.74) is -0.949. The molecule has 0 saturated carbocycles. The van der Waals surface area contributed by atoms with Crippen LogP contribution in [0.2, 0.25) is 10.0 Å². The number of benzene rings is 2. The van der Waals surface area contributed by atoms with Crippen molar-refractivity contribution in [2.75, 3.05) is 0 Å². The molecule has 3 atom stereocenters. The number of hydrogen-bond acceptors (Lipinski definition) is 4. The van der Waals surface area contributed by atoms with E-state index in [2.05, 4.69) is 36.7 Å². The summed E-state index contributed by atoms with van der Waals surface area (Å²) in [4.78, 5) is 13.3. The standard InChI is InChI=1S/C22H18BrCl2F3O2S2/c1-19(2,3)31-16-5-4-11(8-15(16)23)20-10-21(22(26,27)28,32-17(20)18(29)30-20)12-6-13(24)9-14(25)7-12/h4-9,17H,10H2,1-3H3. The summed E-state index contributed by atoms with van der Waals surface area (Å²) < 4.78 is 47.6. The maximum absolute atomic E-state index is 14.6. The molecule has 2 aliphatic rings. The molecule has 0 aliphatic carbocycles. The van der Waals surface area contributed by atoms with Crippen LogP contribution in [0, 0.1) is 0 Å². The van der Waals surface area contributed by atoms with Gasteiger partial charge in [-0.05, 0) is 57.4 Å². The van der Waals surface area contributed by atoms with E-state index in [4.69, 9.17) is 27.9 Å². The Morgan fingerprint density at radius 2 is 1.72 bits per heavy atom. The predicted molar refractivity (Wildman–Crippen MR) is 128 cm³/mol. The van der Waals surface area contributed by atoms with Gasteiger partial charge in [-0.3, -0.25) is 4.79 Å². The lowest BCUT2D eigenvalue weighted by molar-refractivity contribution is -0.204. The molecule has 32 heavy (non-hydrogen) atoms. The number of hydrogen-bond donors (Lipinski definition) is 0. The van der Waals surface area contributed by atoms with Crippen LogP contribution in [-0.2, 0) is 19.9 Å². The largest absolute Gasteiger partial charge is 0.451 e. The fraction of sp³-hybridized carbons (Fsp3) is 0.409. The minimum absolute atomic E-state index is 0.0473. The predicted octanol–water partition coefficient (Wildman–Crippen LogP) is 8.36. The molecule has 172 valence electrons. The first-order chi connectivity index (χ1) is 14.7. The summed E-state index contributed by atoms with van der Waals surface area (Å²) in [5.74, 6) is -0.654. The second-order valence-corrected chi connectivity index (χ2v) is 13.8. The summed E-state index contributed by atoms with van der Waals surface area (Å²) in [6.07, 6.45) is -5.13. The van der Waals surface area contributed by atoms with E-state index in [1.165, 1.54) is 18.2 Å². The fourth-order valence-electron chi connectivity index (χ4n) is 4.08. The molecule has 0 spiro atoms. The van der Waals surface area contributed by atoms with Crippen LogP contribution in [0.1, 0.15) is 38.3 Å². The van der Waals surface area contributed by atoms with Crippen molar-refractivity contribution in [2.24, 2.45) is 0 Å². The van der Waals surface area contributed by atoms with E-state index in [1.54, 1.807) is 23.9 Å². The van der Waals surface area contributed by atoms with Gasteiger partial charge in [-0.2, -0.15) is 13.2 Å². The molecular formula is C22H18BrCl2F3O2S2. The Labute approximate surface area is 211 Å². The van der Waals surface area contributed by atoms with Gasteiger partial charge in [-0.1, -0.05) is 50.0 Å². The lowest BCUT2D eigenvalue weighted by atomic mass is 9.76. The highest BCUT2D eigenvalue weighted by molar-refractivity contribution is 9.10. The Morgan fingerprint density at radius 3 is 2.22 bits per heavy atom. The first-order valence-corrected chi connectivity index (χ1v) is 12.8. The van der Waals surface area contributed by atoms with Crippen LogP contribution in [0.5, 0.6) is 0 Å². The highest BCUT2D eigenvalue weighted by Crippen LogP contribution is 2.69. The Morgan fingerprint density at radius 1 is 1.09 bits per heavy atom. The third kappa shape index (κ3) is 4.08. The summed E-state index contributed by atoms with van der Waals surface area (Å²) in [6, 6.07) is 9.25. The fourth-order valence-corrected chi connectivity index (χ4v) is 7.87. The van der Waals surface area contributed by atoms with E-state index < -0.39 is 34.2 Å². The maximum atomic E-state index is 14.6. The lowest BCUT2D eigenvalue weighted by Gasteiger charge is -2.43. The molecule has 4 rings (SSSR count). The van der Waals surface area contributed by atoms with Gasteiger partial charge in [-0.25, -0.2) is 0 Å². The SMILES string of the molecule is CC(C)(C)Sc1ccc(C23CC(c4cc(Cl)cc(Cl)c4)(C(F)(F)F)SC2C(=O)O3)cc1Br. The van der Waals surface area contributed by atoms with Crippen molar-refractivity contribution < 1.29 is 22.7 Å². The normalized spacial score (nSPS) is 27.7. The molecular weight excluding hydrogens is 568 g/mol. The average molecular weight is 586 g/mol. The minimum atomic E-state index is -4.67. The number of thioether (sulfide) groups is 2. The first-order valence-electron chi connectivity index (χ1n) is 9.60. The van der Waals surface area contributed by atoms with E-state index in [0.29, 0.717) is 17.3 Å². The van der Waals surface area contributed by atoms with Crippen molar-refractivity contribution in [1.82, 2.24) is 0 Å². The van der Waals surface area contributed by atoms with Crippen LogP contribution in [-0.4, -0.2) is 22.1 Å². The van der Waals surface area contributed by atoms with Crippen LogP contribution in [0.25, 0.3) is 0 Å². The minimum Gasteiger partial charge on any atom is -0.451 e. The Kier molecular flexibility index (Phi) is 6.15. The number of esters is 1. The molecule has 2 saturated heterocycles. The van der Waals surface area contributed by atoms with Crippen LogP contribution in [0.15, 0.2) is 45.8 Å². The molecule has 10 heteroatoms. The molecule has 0 amide bonds. The molecule has 0 N–H and O–H groups in total. The van der Waals surface area contributed by atoms with Gasteiger partial charge in [0.15, 0.2) is 5.60 Å². The summed E-state index contributed by atoms with van der Waals surface area (Å²) in [7, 11) is 0. The number of carbonyl (C=O) groups excluding carboxylic acids is 1. The van der Waals surface area contributed by atoms with Crippen LogP contribution in [0.3, 0.4) is 0 Å². The van der Waals surface area contributed by atoms with Gasteiger partial charge in [-0.15, -0.1) is 23.5 Å². The number of fused-ring (bicyclic) bond motifs is 1. The lowest BCUT2D eigenvalue weighted by Crippen LogP contribution is -2.55.